The van der Waals surface area contributed by atoms with Gasteiger partial charge in [-0.25, -0.2) is 15.0 Å². The SMILES string of the molecule is CCN1CCC(c2cnc(N[C@H]3CC[C@@H](Oc4cc(N5CCOCC5)cc5nccnc45)CC3)nc2)CC1. The lowest BCUT2D eigenvalue weighted by atomic mass is 9.91. The highest BCUT2D eigenvalue weighted by Crippen LogP contribution is 2.33. The molecule has 0 unspecified atom stereocenters. The number of anilines is 2. The number of likely N-dealkylation sites (tertiary alicyclic amines) is 1. The number of nitrogens with zero attached hydrogens (tertiary/aromatic N) is 6. The molecule has 1 N–H and O–H groups in total. The molecule has 9 nitrogen and oxygen atoms in total. The van der Waals surface area contributed by atoms with Gasteiger partial charge in [-0.3, -0.25) is 4.98 Å². The van der Waals surface area contributed by atoms with E-state index >= 15 is 0 Å². The highest BCUT2D eigenvalue weighted by molar-refractivity contribution is 5.85. The zero-order valence-corrected chi connectivity index (χ0v) is 22.4. The van der Waals surface area contributed by atoms with Crippen molar-refractivity contribution in [2.24, 2.45) is 0 Å². The molecule has 3 fully saturated rings. The first kappa shape index (κ1) is 25.2. The minimum Gasteiger partial charge on any atom is -0.488 e. The summed E-state index contributed by atoms with van der Waals surface area (Å²) in [4.78, 5) is 23.3. The summed E-state index contributed by atoms with van der Waals surface area (Å²) in [7, 11) is 0. The van der Waals surface area contributed by atoms with Gasteiger partial charge >= 0.3 is 0 Å². The number of hydrogen-bond acceptors (Lipinski definition) is 9. The van der Waals surface area contributed by atoms with Gasteiger partial charge in [0, 0.05) is 55.7 Å². The molecule has 2 aromatic heterocycles. The Morgan fingerprint density at radius 3 is 2.37 bits per heavy atom. The molecular formula is C29H39N7O2. The first-order chi connectivity index (χ1) is 18.7. The number of hydrogen-bond donors (Lipinski definition) is 1. The van der Waals surface area contributed by atoms with Crippen LogP contribution in [-0.4, -0.2) is 82.9 Å². The molecule has 0 bridgehead atoms. The molecular weight excluding hydrogens is 478 g/mol. The molecule has 202 valence electrons. The molecule has 9 heteroatoms. The quantitative estimate of drug-likeness (QED) is 0.494. The molecule has 2 aliphatic heterocycles. The highest BCUT2D eigenvalue weighted by Gasteiger charge is 2.25. The third kappa shape index (κ3) is 5.83. The van der Waals surface area contributed by atoms with Crippen molar-refractivity contribution in [3.8, 4) is 5.75 Å². The van der Waals surface area contributed by atoms with Crippen LogP contribution >= 0.6 is 0 Å². The van der Waals surface area contributed by atoms with Crippen molar-refractivity contribution in [2.45, 2.75) is 63.5 Å². The van der Waals surface area contributed by atoms with Gasteiger partial charge in [0.15, 0.2) is 0 Å². The smallest absolute Gasteiger partial charge is 0.222 e. The summed E-state index contributed by atoms with van der Waals surface area (Å²) in [5, 5.41) is 3.57. The standard InChI is InChI=1S/C29H39N7O2/c1-2-35-11-7-21(8-12-35)22-19-32-29(33-20-22)34-23-3-5-25(6-4-23)38-27-18-24(36-13-15-37-16-14-36)17-26-28(27)31-10-9-30-26/h9-10,17-21,23,25H,2-8,11-16H2,1H3,(H,32,33,34)/t23-,25+. The monoisotopic (exact) mass is 517 g/mol. The number of morpholine rings is 1. The van der Waals surface area contributed by atoms with Gasteiger partial charge < -0.3 is 24.6 Å². The fourth-order valence-corrected chi connectivity index (χ4v) is 6.02. The number of benzene rings is 1. The molecule has 4 heterocycles. The molecule has 0 radical (unpaired) electrons. The Hall–Kier alpha value is -3.04. The molecule has 0 atom stereocenters. The van der Waals surface area contributed by atoms with Crippen LogP contribution in [0.2, 0.25) is 0 Å². The maximum atomic E-state index is 6.57. The average Bonchev–Trinajstić information content (AvgIpc) is 2.99. The number of nitrogens with one attached hydrogen (secondary N) is 1. The molecule has 3 aromatic rings. The molecule has 6 rings (SSSR count). The Morgan fingerprint density at radius 1 is 0.895 bits per heavy atom. The second kappa shape index (κ2) is 11.8. The van der Waals surface area contributed by atoms with Gasteiger partial charge in [0.1, 0.15) is 11.3 Å². The fraction of sp³-hybridized carbons (Fsp3) is 0.586. The van der Waals surface area contributed by atoms with E-state index in [0.717, 1.165) is 86.9 Å². The van der Waals surface area contributed by atoms with Gasteiger partial charge in [-0.05, 0) is 75.7 Å². The van der Waals surface area contributed by atoms with Crippen molar-refractivity contribution < 1.29 is 9.47 Å². The van der Waals surface area contributed by atoms with Crippen molar-refractivity contribution in [1.29, 1.82) is 0 Å². The third-order valence-corrected chi connectivity index (χ3v) is 8.38. The second-order valence-corrected chi connectivity index (χ2v) is 10.8. The Morgan fingerprint density at radius 2 is 1.63 bits per heavy atom. The summed E-state index contributed by atoms with van der Waals surface area (Å²) in [6.45, 7) is 8.98. The minimum atomic E-state index is 0.162. The van der Waals surface area contributed by atoms with Crippen LogP contribution in [0.15, 0.2) is 36.9 Å². The summed E-state index contributed by atoms with van der Waals surface area (Å²) in [5.74, 6) is 2.16. The van der Waals surface area contributed by atoms with Crippen LogP contribution in [0.3, 0.4) is 0 Å². The summed E-state index contributed by atoms with van der Waals surface area (Å²) in [5.41, 5.74) is 4.11. The van der Waals surface area contributed by atoms with Crippen molar-refractivity contribution in [3.05, 3.63) is 42.5 Å². The summed E-state index contributed by atoms with van der Waals surface area (Å²) in [6, 6.07) is 4.61. The van der Waals surface area contributed by atoms with E-state index in [1.54, 1.807) is 12.4 Å². The normalized spacial score (nSPS) is 23.4. The molecule has 38 heavy (non-hydrogen) atoms. The van der Waals surface area contributed by atoms with Crippen LogP contribution in [0.1, 0.15) is 56.9 Å². The van der Waals surface area contributed by atoms with E-state index in [4.69, 9.17) is 9.47 Å². The van der Waals surface area contributed by atoms with E-state index < -0.39 is 0 Å². The average molecular weight is 518 g/mol. The van der Waals surface area contributed by atoms with Crippen LogP contribution in [-0.2, 0) is 4.74 Å². The zero-order valence-electron chi connectivity index (χ0n) is 22.4. The second-order valence-electron chi connectivity index (χ2n) is 10.8. The number of fused-ring (bicyclic) bond motifs is 1. The zero-order chi connectivity index (χ0) is 25.7. The highest BCUT2D eigenvalue weighted by atomic mass is 16.5. The predicted octanol–water partition coefficient (Wildman–Crippen LogP) is 4.26. The fourth-order valence-electron chi connectivity index (χ4n) is 6.02. The van der Waals surface area contributed by atoms with Crippen LogP contribution in [0, 0.1) is 0 Å². The van der Waals surface area contributed by atoms with Crippen LogP contribution < -0.4 is 15.0 Å². The maximum Gasteiger partial charge on any atom is 0.222 e. The van der Waals surface area contributed by atoms with E-state index in [2.05, 4.69) is 54.1 Å². The van der Waals surface area contributed by atoms with Gasteiger partial charge in [0.25, 0.3) is 0 Å². The number of rotatable bonds is 7. The predicted molar refractivity (Wildman–Crippen MR) is 149 cm³/mol. The van der Waals surface area contributed by atoms with Gasteiger partial charge in [0.2, 0.25) is 5.95 Å². The van der Waals surface area contributed by atoms with Crippen LogP contribution in [0.5, 0.6) is 5.75 Å². The topological polar surface area (TPSA) is 88.5 Å². The number of piperidine rings is 1. The van der Waals surface area contributed by atoms with E-state index in [0.29, 0.717) is 12.0 Å². The Balaban J connectivity index is 1.04. The van der Waals surface area contributed by atoms with Gasteiger partial charge in [-0.15, -0.1) is 0 Å². The summed E-state index contributed by atoms with van der Waals surface area (Å²) in [6.07, 6.45) is 14.1. The lowest BCUT2D eigenvalue weighted by Gasteiger charge is -2.32. The largest absolute Gasteiger partial charge is 0.488 e. The van der Waals surface area contributed by atoms with Gasteiger partial charge in [-0.1, -0.05) is 6.92 Å². The maximum absolute atomic E-state index is 6.57. The van der Waals surface area contributed by atoms with E-state index in [1.165, 1.54) is 31.5 Å². The number of aromatic nitrogens is 4. The third-order valence-electron chi connectivity index (χ3n) is 8.38. The van der Waals surface area contributed by atoms with E-state index in [9.17, 15) is 0 Å². The first-order valence-corrected chi connectivity index (χ1v) is 14.3. The summed E-state index contributed by atoms with van der Waals surface area (Å²) < 4.78 is 12.1. The van der Waals surface area contributed by atoms with Crippen molar-refractivity contribution in [2.75, 3.05) is 56.2 Å². The first-order valence-electron chi connectivity index (χ1n) is 14.3. The van der Waals surface area contributed by atoms with Crippen molar-refractivity contribution in [1.82, 2.24) is 24.8 Å². The van der Waals surface area contributed by atoms with Crippen molar-refractivity contribution in [3.63, 3.8) is 0 Å². The molecule has 1 aliphatic carbocycles. The molecule has 2 saturated heterocycles. The van der Waals surface area contributed by atoms with E-state index in [1.807, 2.05) is 12.4 Å². The molecule has 1 saturated carbocycles. The molecule has 1 aromatic carbocycles. The van der Waals surface area contributed by atoms with Gasteiger partial charge in [-0.2, -0.15) is 0 Å². The Bertz CT molecular complexity index is 1190. The van der Waals surface area contributed by atoms with Crippen LogP contribution in [0.25, 0.3) is 11.0 Å². The van der Waals surface area contributed by atoms with Crippen molar-refractivity contribution >= 4 is 22.7 Å². The summed E-state index contributed by atoms with van der Waals surface area (Å²) >= 11 is 0. The van der Waals surface area contributed by atoms with E-state index in [-0.39, 0.29) is 6.10 Å². The Kier molecular flexibility index (Phi) is 7.83. The van der Waals surface area contributed by atoms with Crippen LogP contribution in [0.4, 0.5) is 11.6 Å². The lowest BCUT2D eigenvalue weighted by Crippen LogP contribution is -2.36. The lowest BCUT2D eigenvalue weighted by molar-refractivity contribution is 0.122. The molecule has 0 spiro atoms. The Labute approximate surface area is 225 Å². The van der Waals surface area contributed by atoms with Gasteiger partial charge in [0.05, 0.1) is 24.8 Å². The number of ether oxygens (including phenoxy) is 2. The molecule has 0 amide bonds. The molecule has 3 aliphatic rings. The minimum absolute atomic E-state index is 0.162.